The standard InChI is InChI=1S/C10H11Cl2N3O3S/c1-6-5-19(17,18)3-2-15(6)10(16)7-4-8(11)13-14-9(7)12/h4,6H,2-3,5H2,1H3. The van der Waals surface area contributed by atoms with Crippen LogP contribution < -0.4 is 0 Å². The molecule has 104 valence electrons. The molecular formula is C10H11Cl2N3O3S. The van der Waals surface area contributed by atoms with E-state index in [9.17, 15) is 13.2 Å². The predicted octanol–water partition coefficient (Wildman–Crippen LogP) is 1.04. The van der Waals surface area contributed by atoms with Crippen molar-refractivity contribution in [3.05, 3.63) is 21.9 Å². The molecule has 1 amide bonds. The van der Waals surface area contributed by atoms with Crippen molar-refractivity contribution in [1.82, 2.24) is 15.1 Å². The van der Waals surface area contributed by atoms with Crippen molar-refractivity contribution < 1.29 is 13.2 Å². The number of sulfone groups is 1. The summed E-state index contributed by atoms with van der Waals surface area (Å²) in [6.45, 7) is 1.82. The number of nitrogens with zero attached hydrogens (tertiary/aromatic N) is 3. The van der Waals surface area contributed by atoms with E-state index in [1.54, 1.807) is 6.92 Å². The van der Waals surface area contributed by atoms with Crippen LogP contribution in [-0.4, -0.2) is 53.5 Å². The summed E-state index contributed by atoms with van der Waals surface area (Å²) in [4.78, 5) is 13.8. The lowest BCUT2D eigenvalue weighted by molar-refractivity contribution is 0.0712. The van der Waals surface area contributed by atoms with Gasteiger partial charge in [0, 0.05) is 12.6 Å². The zero-order valence-corrected chi connectivity index (χ0v) is 12.3. The van der Waals surface area contributed by atoms with Gasteiger partial charge in [-0.05, 0) is 13.0 Å². The molecular weight excluding hydrogens is 313 g/mol. The summed E-state index contributed by atoms with van der Waals surface area (Å²) in [6, 6.07) is 0.920. The molecule has 2 heterocycles. The fourth-order valence-corrected chi connectivity index (χ4v) is 3.83. The molecule has 0 aliphatic carbocycles. The van der Waals surface area contributed by atoms with Crippen molar-refractivity contribution in [2.75, 3.05) is 18.1 Å². The Kier molecular flexibility index (Phi) is 3.98. The second-order valence-corrected chi connectivity index (χ2v) is 7.31. The molecule has 1 fully saturated rings. The number of aromatic nitrogens is 2. The Morgan fingerprint density at radius 2 is 2.11 bits per heavy atom. The Hall–Kier alpha value is -0.920. The third-order valence-corrected chi connectivity index (χ3v) is 5.14. The molecule has 0 radical (unpaired) electrons. The minimum absolute atomic E-state index is 0.0463. The summed E-state index contributed by atoms with van der Waals surface area (Å²) in [5, 5.41) is 7.11. The van der Waals surface area contributed by atoms with Crippen LogP contribution in [-0.2, 0) is 9.84 Å². The Balaban J connectivity index is 2.27. The summed E-state index contributed by atoms with van der Waals surface area (Å²) in [5.41, 5.74) is 0.132. The van der Waals surface area contributed by atoms with E-state index < -0.39 is 15.9 Å². The fraction of sp³-hybridized carbons (Fsp3) is 0.500. The van der Waals surface area contributed by atoms with E-state index in [1.807, 2.05) is 0 Å². The van der Waals surface area contributed by atoms with E-state index >= 15 is 0 Å². The molecule has 1 aliphatic rings. The van der Waals surface area contributed by atoms with E-state index in [0.29, 0.717) is 0 Å². The van der Waals surface area contributed by atoms with Crippen molar-refractivity contribution in [1.29, 1.82) is 0 Å². The SMILES string of the molecule is CC1CS(=O)(=O)CCN1C(=O)c1cc(Cl)nnc1Cl. The number of carbonyl (C=O) groups excluding carboxylic acids is 1. The highest BCUT2D eigenvalue weighted by molar-refractivity contribution is 7.91. The van der Waals surface area contributed by atoms with Crippen LogP contribution >= 0.6 is 23.2 Å². The molecule has 1 saturated heterocycles. The topological polar surface area (TPSA) is 80.2 Å². The highest BCUT2D eigenvalue weighted by Gasteiger charge is 2.32. The van der Waals surface area contributed by atoms with E-state index in [2.05, 4.69) is 10.2 Å². The first-order chi connectivity index (χ1) is 8.80. The van der Waals surface area contributed by atoms with Crippen molar-refractivity contribution >= 4 is 38.9 Å². The Morgan fingerprint density at radius 3 is 2.74 bits per heavy atom. The maximum Gasteiger partial charge on any atom is 0.257 e. The highest BCUT2D eigenvalue weighted by atomic mass is 35.5. The van der Waals surface area contributed by atoms with E-state index in [-0.39, 0.29) is 39.8 Å². The second-order valence-electron chi connectivity index (χ2n) is 4.33. The van der Waals surface area contributed by atoms with Gasteiger partial charge in [-0.25, -0.2) is 8.42 Å². The lowest BCUT2D eigenvalue weighted by atomic mass is 10.2. The molecule has 1 atom stereocenters. The third kappa shape index (κ3) is 3.16. The lowest BCUT2D eigenvalue weighted by Gasteiger charge is -2.33. The summed E-state index contributed by atoms with van der Waals surface area (Å²) in [6.07, 6.45) is 0. The molecule has 2 rings (SSSR count). The van der Waals surface area contributed by atoms with Gasteiger partial charge in [-0.3, -0.25) is 4.79 Å². The van der Waals surface area contributed by atoms with Crippen LogP contribution in [0.1, 0.15) is 17.3 Å². The smallest absolute Gasteiger partial charge is 0.257 e. The van der Waals surface area contributed by atoms with Crippen molar-refractivity contribution in [2.45, 2.75) is 13.0 Å². The molecule has 1 aliphatic heterocycles. The second kappa shape index (κ2) is 5.22. The van der Waals surface area contributed by atoms with E-state index in [0.717, 1.165) is 0 Å². The number of carbonyl (C=O) groups is 1. The molecule has 1 unspecified atom stereocenters. The number of hydrogen-bond donors (Lipinski definition) is 0. The quantitative estimate of drug-likeness (QED) is 0.771. The summed E-state index contributed by atoms with van der Waals surface area (Å²) < 4.78 is 23.0. The van der Waals surface area contributed by atoms with Crippen LogP contribution in [0.2, 0.25) is 10.3 Å². The maximum absolute atomic E-state index is 12.3. The van der Waals surface area contributed by atoms with Crippen molar-refractivity contribution in [3.63, 3.8) is 0 Å². The van der Waals surface area contributed by atoms with Crippen LogP contribution in [0.15, 0.2) is 6.07 Å². The molecule has 1 aromatic heterocycles. The van der Waals surface area contributed by atoms with Gasteiger partial charge in [-0.15, -0.1) is 10.2 Å². The Bertz CT molecular complexity index is 620. The van der Waals surface area contributed by atoms with Gasteiger partial charge in [-0.1, -0.05) is 23.2 Å². The molecule has 0 bridgehead atoms. The molecule has 0 saturated carbocycles. The summed E-state index contributed by atoms with van der Waals surface area (Å²) >= 11 is 11.5. The Morgan fingerprint density at radius 1 is 1.42 bits per heavy atom. The Labute approximate surface area is 120 Å². The molecule has 0 spiro atoms. The fourth-order valence-electron chi connectivity index (χ4n) is 1.96. The molecule has 0 aromatic carbocycles. The average molecular weight is 324 g/mol. The number of rotatable bonds is 1. The number of amides is 1. The number of halogens is 2. The van der Waals surface area contributed by atoms with Gasteiger partial charge in [-0.2, -0.15) is 0 Å². The molecule has 1 aromatic rings. The third-order valence-electron chi connectivity index (χ3n) is 2.88. The van der Waals surface area contributed by atoms with Crippen LogP contribution in [0.5, 0.6) is 0 Å². The van der Waals surface area contributed by atoms with Crippen LogP contribution in [0.25, 0.3) is 0 Å². The summed E-state index contributed by atoms with van der Waals surface area (Å²) in [5.74, 6) is -0.487. The monoisotopic (exact) mass is 323 g/mol. The molecule has 19 heavy (non-hydrogen) atoms. The minimum Gasteiger partial charge on any atom is -0.334 e. The largest absolute Gasteiger partial charge is 0.334 e. The van der Waals surface area contributed by atoms with Gasteiger partial charge in [0.25, 0.3) is 5.91 Å². The van der Waals surface area contributed by atoms with Gasteiger partial charge in [0.05, 0.1) is 17.1 Å². The first-order valence-corrected chi connectivity index (χ1v) is 8.08. The van der Waals surface area contributed by atoms with Crippen LogP contribution in [0.4, 0.5) is 0 Å². The van der Waals surface area contributed by atoms with Crippen molar-refractivity contribution in [2.24, 2.45) is 0 Å². The zero-order valence-electron chi connectivity index (χ0n) is 10.0. The zero-order chi connectivity index (χ0) is 14.2. The maximum atomic E-state index is 12.3. The first-order valence-electron chi connectivity index (χ1n) is 5.50. The molecule has 9 heteroatoms. The summed E-state index contributed by atoms with van der Waals surface area (Å²) in [7, 11) is -3.08. The number of hydrogen-bond acceptors (Lipinski definition) is 5. The lowest BCUT2D eigenvalue weighted by Crippen LogP contribution is -2.49. The normalized spacial score (nSPS) is 22.3. The minimum atomic E-state index is -3.08. The van der Waals surface area contributed by atoms with Crippen molar-refractivity contribution in [3.8, 4) is 0 Å². The molecule has 0 N–H and O–H groups in total. The van der Waals surface area contributed by atoms with E-state index in [1.165, 1.54) is 11.0 Å². The van der Waals surface area contributed by atoms with Crippen LogP contribution in [0, 0.1) is 0 Å². The average Bonchev–Trinajstić information content (AvgIpc) is 2.30. The van der Waals surface area contributed by atoms with Gasteiger partial charge in [0.2, 0.25) is 0 Å². The van der Waals surface area contributed by atoms with Gasteiger partial charge >= 0.3 is 0 Å². The van der Waals surface area contributed by atoms with Gasteiger partial charge in [0.15, 0.2) is 20.1 Å². The van der Waals surface area contributed by atoms with Gasteiger partial charge in [0.1, 0.15) is 0 Å². The van der Waals surface area contributed by atoms with E-state index in [4.69, 9.17) is 23.2 Å². The molecule has 6 nitrogen and oxygen atoms in total. The first kappa shape index (κ1) is 14.5. The highest BCUT2D eigenvalue weighted by Crippen LogP contribution is 2.21. The van der Waals surface area contributed by atoms with Crippen LogP contribution in [0.3, 0.4) is 0 Å². The van der Waals surface area contributed by atoms with Gasteiger partial charge < -0.3 is 4.90 Å². The predicted molar refractivity (Wildman–Crippen MR) is 71.2 cm³/mol.